The van der Waals surface area contributed by atoms with Crippen molar-refractivity contribution in [3.8, 4) is 0 Å². The van der Waals surface area contributed by atoms with Crippen molar-refractivity contribution in [3.05, 3.63) is 68.6 Å². The predicted octanol–water partition coefficient (Wildman–Crippen LogP) is 5.50. The van der Waals surface area contributed by atoms with Crippen molar-refractivity contribution in [2.75, 3.05) is 11.9 Å². The van der Waals surface area contributed by atoms with E-state index < -0.39 is 0 Å². The molecule has 7 heteroatoms. The summed E-state index contributed by atoms with van der Waals surface area (Å²) >= 11 is 12.7. The first-order valence-electron chi connectivity index (χ1n) is 9.14. The maximum absolute atomic E-state index is 12.7. The van der Waals surface area contributed by atoms with Gasteiger partial charge in [-0.25, -0.2) is 0 Å². The van der Waals surface area contributed by atoms with Crippen LogP contribution in [-0.2, 0) is 9.59 Å². The summed E-state index contributed by atoms with van der Waals surface area (Å²) in [7, 11) is 0. The average Bonchev–Trinajstić information content (AvgIpc) is 2.91. The van der Waals surface area contributed by atoms with Gasteiger partial charge in [0.25, 0.3) is 5.91 Å². The molecule has 0 radical (unpaired) electrons. The lowest BCUT2D eigenvalue weighted by molar-refractivity contribution is -0.122. The number of carbonyl (C=O) groups is 2. The van der Waals surface area contributed by atoms with Crippen molar-refractivity contribution >= 4 is 63.5 Å². The van der Waals surface area contributed by atoms with Gasteiger partial charge in [-0.05, 0) is 49.6 Å². The van der Waals surface area contributed by atoms with Crippen LogP contribution in [0.2, 0.25) is 5.02 Å². The van der Waals surface area contributed by atoms with Crippen LogP contribution in [0.25, 0.3) is 6.08 Å². The Morgan fingerprint density at radius 1 is 1.21 bits per heavy atom. The van der Waals surface area contributed by atoms with Crippen LogP contribution in [0.15, 0.2) is 41.3 Å². The fraction of sp³-hybridized carbons (Fsp3) is 0.227. The van der Waals surface area contributed by atoms with Gasteiger partial charge < -0.3 is 5.32 Å². The fourth-order valence-electron chi connectivity index (χ4n) is 3.22. The molecule has 1 aliphatic rings. The minimum absolute atomic E-state index is 0.149. The minimum atomic E-state index is -0.199. The number of anilines is 1. The van der Waals surface area contributed by atoms with E-state index in [4.69, 9.17) is 23.8 Å². The van der Waals surface area contributed by atoms with Crippen LogP contribution in [0.5, 0.6) is 0 Å². The molecule has 29 heavy (non-hydrogen) atoms. The fourth-order valence-corrected chi connectivity index (χ4v) is 4.71. The van der Waals surface area contributed by atoms with Gasteiger partial charge in [0.05, 0.1) is 4.91 Å². The number of thioether (sulfide) groups is 1. The van der Waals surface area contributed by atoms with E-state index in [1.54, 1.807) is 12.1 Å². The third-order valence-electron chi connectivity index (χ3n) is 4.57. The molecule has 2 amide bonds. The first kappa shape index (κ1) is 21.6. The Bertz CT molecular complexity index is 1010. The van der Waals surface area contributed by atoms with Crippen LogP contribution < -0.4 is 5.32 Å². The van der Waals surface area contributed by atoms with Crippen molar-refractivity contribution in [1.29, 1.82) is 0 Å². The highest BCUT2D eigenvalue weighted by molar-refractivity contribution is 8.26. The number of hydrogen-bond donors (Lipinski definition) is 1. The number of nitrogens with zero attached hydrogens (tertiary/aromatic N) is 1. The molecule has 3 rings (SSSR count). The Morgan fingerprint density at radius 3 is 2.52 bits per heavy atom. The minimum Gasteiger partial charge on any atom is -0.326 e. The molecule has 1 heterocycles. The van der Waals surface area contributed by atoms with E-state index in [0.717, 1.165) is 27.9 Å². The van der Waals surface area contributed by atoms with Crippen LogP contribution in [0.3, 0.4) is 0 Å². The number of hydrogen-bond acceptors (Lipinski definition) is 4. The molecule has 0 aromatic heterocycles. The van der Waals surface area contributed by atoms with Crippen LogP contribution in [0.4, 0.5) is 5.69 Å². The van der Waals surface area contributed by atoms with Crippen molar-refractivity contribution < 1.29 is 9.59 Å². The molecular weight excluding hydrogens is 424 g/mol. The zero-order valence-electron chi connectivity index (χ0n) is 16.4. The average molecular weight is 445 g/mol. The summed E-state index contributed by atoms with van der Waals surface area (Å²) in [5.74, 6) is -0.348. The van der Waals surface area contributed by atoms with E-state index in [2.05, 4.69) is 5.32 Å². The predicted molar refractivity (Wildman–Crippen MR) is 125 cm³/mol. The van der Waals surface area contributed by atoms with Crippen LogP contribution in [0.1, 0.15) is 28.7 Å². The first-order valence-corrected chi connectivity index (χ1v) is 10.7. The van der Waals surface area contributed by atoms with Crippen molar-refractivity contribution in [1.82, 2.24) is 4.90 Å². The molecule has 0 atom stereocenters. The molecule has 1 N–H and O–H groups in total. The number of thiocarbonyl (C=S) groups is 1. The molecule has 0 saturated carbocycles. The maximum Gasteiger partial charge on any atom is 0.266 e. The third kappa shape index (κ3) is 5.07. The van der Waals surface area contributed by atoms with E-state index in [-0.39, 0.29) is 24.8 Å². The molecule has 1 saturated heterocycles. The quantitative estimate of drug-likeness (QED) is 0.489. The molecule has 2 aromatic carbocycles. The van der Waals surface area contributed by atoms with Gasteiger partial charge in [0.1, 0.15) is 4.32 Å². The summed E-state index contributed by atoms with van der Waals surface area (Å²) in [5.41, 5.74) is 4.77. The largest absolute Gasteiger partial charge is 0.326 e. The van der Waals surface area contributed by atoms with Crippen molar-refractivity contribution in [3.63, 3.8) is 0 Å². The van der Waals surface area contributed by atoms with Crippen LogP contribution >= 0.6 is 35.6 Å². The highest BCUT2D eigenvalue weighted by Crippen LogP contribution is 2.33. The molecule has 1 fully saturated rings. The Kier molecular flexibility index (Phi) is 6.77. The number of halogens is 1. The lowest BCUT2D eigenvalue weighted by Gasteiger charge is -2.16. The van der Waals surface area contributed by atoms with Gasteiger partial charge in [-0.3, -0.25) is 14.5 Å². The maximum atomic E-state index is 12.7. The highest BCUT2D eigenvalue weighted by atomic mass is 35.5. The van der Waals surface area contributed by atoms with Crippen molar-refractivity contribution in [2.45, 2.75) is 27.2 Å². The SMILES string of the molecule is Cc1cc(C)c(NC(=O)CCN2C(=O)/C(=C\c3ccccc3Cl)SC2=S)c(C)c1. The van der Waals surface area contributed by atoms with Gasteiger partial charge >= 0.3 is 0 Å². The van der Waals surface area contributed by atoms with Gasteiger partial charge in [0, 0.05) is 23.7 Å². The second-order valence-corrected chi connectivity index (χ2v) is 9.01. The van der Waals surface area contributed by atoms with E-state index in [1.165, 1.54) is 16.7 Å². The topological polar surface area (TPSA) is 49.4 Å². The molecule has 0 unspecified atom stereocenters. The Balaban J connectivity index is 1.65. The molecule has 0 bridgehead atoms. The standard InChI is InChI=1S/C22H21ClN2O2S2/c1-13-10-14(2)20(15(3)11-13)24-19(26)8-9-25-21(27)18(29-22(25)28)12-16-6-4-5-7-17(16)23/h4-7,10-12H,8-9H2,1-3H3,(H,24,26)/b18-12+. The summed E-state index contributed by atoms with van der Waals surface area (Å²) in [6.07, 6.45) is 1.90. The summed E-state index contributed by atoms with van der Waals surface area (Å²) in [5, 5.41) is 3.53. The summed E-state index contributed by atoms with van der Waals surface area (Å²) in [4.78, 5) is 27.2. The van der Waals surface area contributed by atoms with E-state index in [0.29, 0.717) is 14.2 Å². The lowest BCUT2D eigenvalue weighted by atomic mass is 10.1. The Morgan fingerprint density at radius 2 is 1.86 bits per heavy atom. The molecular formula is C22H21ClN2O2S2. The van der Waals surface area contributed by atoms with E-state index >= 15 is 0 Å². The number of aryl methyl sites for hydroxylation is 3. The summed E-state index contributed by atoms with van der Waals surface area (Å²) in [6, 6.07) is 11.4. The first-order chi connectivity index (χ1) is 13.8. The van der Waals surface area contributed by atoms with Gasteiger partial charge in [-0.2, -0.15) is 0 Å². The summed E-state index contributed by atoms with van der Waals surface area (Å²) < 4.78 is 0.448. The van der Waals surface area contributed by atoms with Gasteiger partial charge in [0.2, 0.25) is 5.91 Å². The molecule has 2 aromatic rings. The normalized spacial score (nSPS) is 15.3. The molecule has 0 spiro atoms. The molecule has 1 aliphatic heterocycles. The van der Waals surface area contributed by atoms with E-state index in [9.17, 15) is 9.59 Å². The Labute approximate surface area is 185 Å². The second-order valence-electron chi connectivity index (χ2n) is 6.93. The monoisotopic (exact) mass is 444 g/mol. The smallest absolute Gasteiger partial charge is 0.266 e. The number of nitrogens with one attached hydrogen (secondary N) is 1. The van der Waals surface area contributed by atoms with Crippen LogP contribution in [0, 0.1) is 20.8 Å². The lowest BCUT2D eigenvalue weighted by Crippen LogP contribution is -2.31. The second kappa shape index (κ2) is 9.11. The third-order valence-corrected chi connectivity index (χ3v) is 6.29. The number of benzene rings is 2. The van der Waals surface area contributed by atoms with Gasteiger partial charge in [0.15, 0.2) is 0 Å². The van der Waals surface area contributed by atoms with Gasteiger partial charge in [-0.15, -0.1) is 0 Å². The summed E-state index contributed by atoms with van der Waals surface area (Å²) in [6.45, 7) is 6.20. The zero-order chi connectivity index (χ0) is 21.1. The van der Waals surface area contributed by atoms with Gasteiger partial charge in [-0.1, -0.05) is 71.5 Å². The molecule has 4 nitrogen and oxygen atoms in total. The van der Waals surface area contributed by atoms with E-state index in [1.807, 2.05) is 51.1 Å². The number of rotatable bonds is 5. The van der Waals surface area contributed by atoms with Crippen molar-refractivity contribution in [2.24, 2.45) is 0 Å². The number of carbonyl (C=O) groups excluding carboxylic acids is 2. The molecule has 150 valence electrons. The number of amides is 2. The van der Waals surface area contributed by atoms with Crippen LogP contribution in [-0.4, -0.2) is 27.6 Å². The molecule has 0 aliphatic carbocycles. The highest BCUT2D eigenvalue weighted by Gasteiger charge is 2.32. The Hall–Kier alpha value is -2.15. The zero-order valence-corrected chi connectivity index (χ0v) is 18.8.